The van der Waals surface area contributed by atoms with E-state index in [9.17, 15) is 13.5 Å². The van der Waals surface area contributed by atoms with Crippen molar-refractivity contribution in [1.29, 1.82) is 0 Å². The van der Waals surface area contributed by atoms with Gasteiger partial charge in [0.1, 0.15) is 0 Å². The first-order valence-corrected chi connectivity index (χ1v) is 8.28. The highest BCUT2D eigenvalue weighted by Gasteiger charge is 2.29. The summed E-state index contributed by atoms with van der Waals surface area (Å²) in [6.07, 6.45) is 0.787. The lowest BCUT2D eigenvalue weighted by Crippen LogP contribution is -2.39. The average molecular weight is 299 g/mol. The molecule has 0 radical (unpaired) electrons. The monoisotopic (exact) mass is 299 g/mol. The Morgan fingerprint density at radius 1 is 1.25 bits per heavy atom. The molecule has 1 fully saturated rings. The summed E-state index contributed by atoms with van der Waals surface area (Å²) in [5.41, 5.74) is 0.697. The zero-order chi connectivity index (χ0) is 14.8. The fraction of sp³-hybridized carbons (Fsp3) is 0.571. The number of piperidine rings is 1. The van der Waals surface area contributed by atoms with Crippen LogP contribution in [0.3, 0.4) is 0 Å². The van der Waals surface area contributed by atoms with Gasteiger partial charge in [-0.2, -0.15) is 4.31 Å². The minimum atomic E-state index is -3.47. The molecule has 112 valence electrons. The van der Waals surface area contributed by atoms with E-state index in [1.54, 1.807) is 19.1 Å². The molecule has 0 spiro atoms. The molecule has 1 aliphatic rings. The minimum Gasteiger partial charge on any atom is -0.396 e. The molecule has 0 saturated carbocycles. The van der Waals surface area contributed by atoms with Crippen molar-refractivity contribution in [3.05, 3.63) is 29.8 Å². The third kappa shape index (κ3) is 3.20. The van der Waals surface area contributed by atoms with Crippen molar-refractivity contribution in [2.45, 2.75) is 30.8 Å². The standard InChI is InChI=1S/C14H21NO4S/c1-11(17)13-2-4-14(5-3-13)20(18,19)15-8-6-12(10-16)7-9-15/h2-5,11-12,16-17H,6-10H2,1H3. The Kier molecular flexibility index (Phi) is 4.80. The summed E-state index contributed by atoms with van der Waals surface area (Å²) in [6.45, 7) is 2.66. The second kappa shape index (κ2) is 6.22. The lowest BCUT2D eigenvalue weighted by molar-refractivity contribution is 0.170. The van der Waals surface area contributed by atoms with Gasteiger partial charge >= 0.3 is 0 Å². The van der Waals surface area contributed by atoms with Gasteiger partial charge in [0.25, 0.3) is 0 Å². The van der Waals surface area contributed by atoms with E-state index in [-0.39, 0.29) is 17.4 Å². The van der Waals surface area contributed by atoms with Crippen LogP contribution in [0, 0.1) is 5.92 Å². The summed E-state index contributed by atoms with van der Waals surface area (Å²) < 4.78 is 26.4. The van der Waals surface area contributed by atoms with Crippen molar-refractivity contribution in [2.24, 2.45) is 5.92 Å². The first kappa shape index (κ1) is 15.4. The van der Waals surface area contributed by atoms with E-state index in [4.69, 9.17) is 5.11 Å². The zero-order valence-corrected chi connectivity index (χ0v) is 12.4. The average Bonchev–Trinajstić information content (AvgIpc) is 2.47. The van der Waals surface area contributed by atoms with Gasteiger partial charge in [-0.1, -0.05) is 12.1 Å². The number of hydrogen-bond donors (Lipinski definition) is 2. The van der Waals surface area contributed by atoms with Crippen LogP contribution in [-0.4, -0.2) is 42.6 Å². The van der Waals surface area contributed by atoms with Gasteiger partial charge in [-0.25, -0.2) is 8.42 Å². The Morgan fingerprint density at radius 2 is 1.80 bits per heavy atom. The number of aliphatic hydroxyl groups excluding tert-OH is 2. The van der Waals surface area contributed by atoms with Gasteiger partial charge in [0.15, 0.2) is 0 Å². The zero-order valence-electron chi connectivity index (χ0n) is 11.6. The Morgan fingerprint density at radius 3 is 2.25 bits per heavy atom. The molecule has 5 nitrogen and oxygen atoms in total. The summed E-state index contributed by atoms with van der Waals surface area (Å²) in [5, 5.41) is 18.5. The van der Waals surface area contributed by atoms with Crippen LogP contribution < -0.4 is 0 Å². The molecule has 1 heterocycles. The van der Waals surface area contributed by atoms with Gasteiger partial charge in [0.2, 0.25) is 10.0 Å². The van der Waals surface area contributed by atoms with Crippen molar-refractivity contribution in [1.82, 2.24) is 4.31 Å². The number of rotatable bonds is 4. The highest BCUT2D eigenvalue weighted by Crippen LogP contribution is 2.24. The van der Waals surface area contributed by atoms with Crippen molar-refractivity contribution < 1.29 is 18.6 Å². The van der Waals surface area contributed by atoms with Crippen molar-refractivity contribution in [3.8, 4) is 0 Å². The Bertz CT molecular complexity index is 531. The number of aliphatic hydroxyl groups is 2. The van der Waals surface area contributed by atoms with Gasteiger partial charge in [0.05, 0.1) is 11.0 Å². The Labute approximate surface area is 119 Å². The highest BCUT2D eigenvalue weighted by molar-refractivity contribution is 7.89. The van der Waals surface area contributed by atoms with Crippen LogP contribution in [0.4, 0.5) is 0 Å². The van der Waals surface area contributed by atoms with Crippen molar-refractivity contribution in [2.75, 3.05) is 19.7 Å². The fourth-order valence-corrected chi connectivity index (χ4v) is 3.87. The molecule has 0 aliphatic carbocycles. The second-order valence-corrected chi connectivity index (χ2v) is 7.21. The summed E-state index contributed by atoms with van der Waals surface area (Å²) in [7, 11) is -3.47. The maximum Gasteiger partial charge on any atom is 0.243 e. The normalized spacial score (nSPS) is 19.9. The molecule has 0 aromatic heterocycles. The highest BCUT2D eigenvalue weighted by atomic mass is 32.2. The smallest absolute Gasteiger partial charge is 0.243 e. The molecule has 0 amide bonds. The molecule has 1 aliphatic heterocycles. The molecule has 1 saturated heterocycles. The van der Waals surface area contributed by atoms with E-state index >= 15 is 0 Å². The van der Waals surface area contributed by atoms with E-state index in [0.717, 1.165) is 0 Å². The predicted octanol–water partition coefficient (Wildman–Crippen LogP) is 1.13. The third-order valence-corrected chi connectivity index (χ3v) is 5.74. The first-order valence-electron chi connectivity index (χ1n) is 6.84. The maximum absolute atomic E-state index is 12.5. The Balaban J connectivity index is 2.14. The fourth-order valence-electron chi connectivity index (χ4n) is 2.40. The SMILES string of the molecule is CC(O)c1ccc(S(=O)(=O)N2CCC(CO)CC2)cc1. The maximum atomic E-state index is 12.5. The van der Waals surface area contributed by atoms with E-state index < -0.39 is 16.1 Å². The molecule has 2 N–H and O–H groups in total. The molecule has 1 aromatic carbocycles. The van der Waals surface area contributed by atoms with Crippen LogP contribution in [0.1, 0.15) is 31.4 Å². The topological polar surface area (TPSA) is 77.8 Å². The number of hydrogen-bond acceptors (Lipinski definition) is 4. The number of nitrogens with zero attached hydrogens (tertiary/aromatic N) is 1. The van der Waals surface area contributed by atoms with Crippen LogP contribution in [0.25, 0.3) is 0 Å². The van der Waals surface area contributed by atoms with Crippen LogP contribution >= 0.6 is 0 Å². The summed E-state index contributed by atoms with van der Waals surface area (Å²) in [6, 6.07) is 6.35. The van der Waals surface area contributed by atoms with Gasteiger partial charge in [-0.05, 0) is 43.4 Å². The van der Waals surface area contributed by atoms with Crippen LogP contribution in [-0.2, 0) is 10.0 Å². The summed E-state index contributed by atoms with van der Waals surface area (Å²) >= 11 is 0. The summed E-state index contributed by atoms with van der Waals surface area (Å²) in [5.74, 6) is 0.207. The van der Waals surface area contributed by atoms with Gasteiger partial charge in [-0.15, -0.1) is 0 Å². The van der Waals surface area contributed by atoms with Crippen LogP contribution in [0.5, 0.6) is 0 Å². The molecular formula is C14H21NO4S. The van der Waals surface area contributed by atoms with E-state index in [0.29, 0.717) is 31.5 Å². The number of benzene rings is 1. The molecule has 20 heavy (non-hydrogen) atoms. The third-order valence-electron chi connectivity index (χ3n) is 3.83. The van der Waals surface area contributed by atoms with E-state index in [1.807, 2.05) is 0 Å². The molecule has 1 unspecified atom stereocenters. The molecule has 1 aromatic rings. The van der Waals surface area contributed by atoms with Crippen LogP contribution in [0.15, 0.2) is 29.2 Å². The van der Waals surface area contributed by atoms with Crippen molar-refractivity contribution in [3.63, 3.8) is 0 Å². The predicted molar refractivity (Wildman–Crippen MR) is 75.6 cm³/mol. The molecular weight excluding hydrogens is 278 g/mol. The molecule has 6 heteroatoms. The molecule has 2 rings (SSSR count). The van der Waals surface area contributed by atoms with E-state index in [2.05, 4.69) is 0 Å². The molecule has 0 bridgehead atoms. The summed E-state index contributed by atoms with van der Waals surface area (Å²) in [4.78, 5) is 0.254. The minimum absolute atomic E-state index is 0.122. The van der Waals surface area contributed by atoms with Crippen LogP contribution in [0.2, 0.25) is 0 Å². The Hall–Kier alpha value is -0.950. The van der Waals surface area contributed by atoms with Crippen molar-refractivity contribution >= 4 is 10.0 Å². The largest absolute Gasteiger partial charge is 0.396 e. The molecule has 1 atom stereocenters. The number of sulfonamides is 1. The quantitative estimate of drug-likeness (QED) is 0.874. The van der Waals surface area contributed by atoms with E-state index in [1.165, 1.54) is 16.4 Å². The second-order valence-electron chi connectivity index (χ2n) is 5.28. The lowest BCUT2D eigenvalue weighted by Gasteiger charge is -2.30. The van der Waals surface area contributed by atoms with Gasteiger partial charge in [-0.3, -0.25) is 0 Å². The lowest BCUT2D eigenvalue weighted by atomic mass is 10.00. The first-order chi connectivity index (χ1) is 9.45. The van der Waals surface area contributed by atoms with Gasteiger partial charge in [0, 0.05) is 19.7 Å². The van der Waals surface area contributed by atoms with Gasteiger partial charge < -0.3 is 10.2 Å².